The predicted octanol–water partition coefficient (Wildman–Crippen LogP) is 1.79. The largest absolute Gasteiger partial charge is 0.381 e. The van der Waals surface area contributed by atoms with Gasteiger partial charge in [-0.15, -0.1) is 0 Å². The van der Waals surface area contributed by atoms with E-state index >= 15 is 0 Å². The lowest BCUT2D eigenvalue weighted by Crippen LogP contribution is -2.41. The Labute approximate surface area is 110 Å². The van der Waals surface area contributed by atoms with Gasteiger partial charge in [-0.25, -0.2) is 0 Å². The van der Waals surface area contributed by atoms with Crippen molar-refractivity contribution in [3.63, 3.8) is 0 Å². The van der Waals surface area contributed by atoms with E-state index < -0.39 is 0 Å². The van der Waals surface area contributed by atoms with Crippen LogP contribution < -0.4 is 5.73 Å². The third-order valence-electron chi connectivity index (χ3n) is 3.92. The van der Waals surface area contributed by atoms with Crippen molar-refractivity contribution in [2.45, 2.75) is 19.9 Å². The van der Waals surface area contributed by atoms with Crippen LogP contribution in [0.3, 0.4) is 0 Å². The quantitative estimate of drug-likeness (QED) is 0.863. The molecule has 1 aromatic carbocycles. The van der Waals surface area contributed by atoms with E-state index in [2.05, 4.69) is 43.1 Å². The maximum atomic E-state index is 5.93. The molecule has 1 aliphatic heterocycles. The molecule has 0 bridgehead atoms. The Balaban J connectivity index is 1.96. The van der Waals surface area contributed by atoms with Crippen molar-refractivity contribution in [2.24, 2.45) is 11.1 Å². The Hall–Kier alpha value is -0.900. The van der Waals surface area contributed by atoms with Crippen LogP contribution in [-0.2, 0) is 11.3 Å². The second kappa shape index (κ2) is 5.83. The van der Waals surface area contributed by atoms with Gasteiger partial charge in [0.25, 0.3) is 0 Å². The number of hydrogen-bond acceptors (Lipinski definition) is 3. The Morgan fingerprint density at radius 1 is 1.39 bits per heavy atom. The highest BCUT2D eigenvalue weighted by atomic mass is 16.5. The number of aryl methyl sites for hydroxylation is 1. The zero-order chi connectivity index (χ0) is 13.0. The van der Waals surface area contributed by atoms with E-state index in [1.54, 1.807) is 0 Å². The highest BCUT2D eigenvalue weighted by molar-refractivity contribution is 5.25. The number of nitrogens with zero attached hydrogens (tertiary/aromatic N) is 1. The highest BCUT2D eigenvalue weighted by Gasteiger charge is 2.34. The van der Waals surface area contributed by atoms with Crippen LogP contribution in [0, 0.1) is 12.3 Å². The average molecular weight is 248 g/mol. The molecule has 18 heavy (non-hydrogen) atoms. The predicted molar refractivity (Wildman–Crippen MR) is 74.4 cm³/mol. The molecule has 0 spiro atoms. The Morgan fingerprint density at radius 2 is 2.17 bits per heavy atom. The van der Waals surface area contributed by atoms with Gasteiger partial charge in [0.05, 0.1) is 6.61 Å². The SMILES string of the molecule is Cc1ccccc1CN(C)CC1(CN)CCOC1. The smallest absolute Gasteiger partial charge is 0.0547 e. The van der Waals surface area contributed by atoms with Crippen LogP contribution in [0.5, 0.6) is 0 Å². The molecule has 1 unspecified atom stereocenters. The van der Waals surface area contributed by atoms with Crippen molar-refractivity contribution < 1.29 is 4.74 Å². The summed E-state index contributed by atoms with van der Waals surface area (Å²) in [7, 11) is 2.17. The highest BCUT2D eigenvalue weighted by Crippen LogP contribution is 2.28. The Morgan fingerprint density at radius 3 is 2.78 bits per heavy atom. The van der Waals surface area contributed by atoms with Gasteiger partial charge in [-0.1, -0.05) is 24.3 Å². The molecule has 0 amide bonds. The van der Waals surface area contributed by atoms with E-state index in [4.69, 9.17) is 10.5 Å². The molecule has 0 aliphatic carbocycles. The molecule has 2 rings (SSSR count). The zero-order valence-electron chi connectivity index (χ0n) is 11.5. The number of ether oxygens (including phenoxy) is 1. The summed E-state index contributed by atoms with van der Waals surface area (Å²) in [5, 5.41) is 0. The van der Waals surface area contributed by atoms with Gasteiger partial charge in [0, 0.05) is 31.7 Å². The van der Waals surface area contributed by atoms with Crippen molar-refractivity contribution in [3.05, 3.63) is 35.4 Å². The van der Waals surface area contributed by atoms with Gasteiger partial charge in [-0.05, 0) is 31.5 Å². The molecule has 100 valence electrons. The number of hydrogen-bond donors (Lipinski definition) is 1. The van der Waals surface area contributed by atoms with Gasteiger partial charge < -0.3 is 15.4 Å². The Kier molecular flexibility index (Phi) is 4.38. The molecule has 1 aromatic rings. The molecule has 0 aromatic heterocycles. The standard InChI is InChI=1S/C15H24N2O/c1-13-5-3-4-6-14(13)9-17(2)11-15(10-16)7-8-18-12-15/h3-6H,7-12,16H2,1-2H3. The van der Waals surface area contributed by atoms with Gasteiger partial charge in [0.15, 0.2) is 0 Å². The van der Waals surface area contributed by atoms with Crippen LogP contribution in [0.25, 0.3) is 0 Å². The summed E-state index contributed by atoms with van der Waals surface area (Å²) in [6.07, 6.45) is 1.08. The topological polar surface area (TPSA) is 38.5 Å². The maximum absolute atomic E-state index is 5.93. The van der Waals surface area contributed by atoms with E-state index in [1.807, 2.05) is 0 Å². The molecule has 3 heteroatoms. The van der Waals surface area contributed by atoms with Gasteiger partial charge >= 0.3 is 0 Å². The maximum Gasteiger partial charge on any atom is 0.0547 e. The molecule has 1 fully saturated rings. The summed E-state index contributed by atoms with van der Waals surface area (Å²) in [6, 6.07) is 8.56. The monoisotopic (exact) mass is 248 g/mol. The fraction of sp³-hybridized carbons (Fsp3) is 0.600. The summed E-state index contributed by atoms with van der Waals surface area (Å²) in [6.45, 7) is 6.54. The van der Waals surface area contributed by atoms with E-state index in [1.165, 1.54) is 11.1 Å². The van der Waals surface area contributed by atoms with Crippen molar-refractivity contribution in [2.75, 3.05) is 33.4 Å². The first-order valence-corrected chi connectivity index (χ1v) is 6.66. The third-order valence-corrected chi connectivity index (χ3v) is 3.92. The van der Waals surface area contributed by atoms with Gasteiger partial charge in [-0.3, -0.25) is 0 Å². The molecule has 1 saturated heterocycles. The Bertz CT molecular complexity index is 386. The molecule has 3 nitrogen and oxygen atoms in total. The summed E-state index contributed by atoms with van der Waals surface area (Å²) >= 11 is 0. The average Bonchev–Trinajstić information content (AvgIpc) is 2.81. The zero-order valence-corrected chi connectivity index (χ0v) is 11.5. The minimum absolute atomic E-state index is 0.164. The van der Waals surface area contributed by atoms with Gasteiger partial charge in [-0.2, -0.15) is 0 Å². The molecule has 1 heterocycles. The van der Waals surface area contributed by atoms with E-state index in [9.17, 15) is 0 Å². The first-order chi connectivity index (χ1) is 8.65. The molecule has 1 aliphatic rings. The number of rotatable bonds is 5. The minimum atomic E-state index is 0.164. The van der Waals surface area contributed by atoms with Crippen LogP contribution in [0.2, 0.25) is 0 Å². The summed E-state index contributed by atoms with van der Waals surface area (Å²) in [4.78, 5) is 2.36. The summed E-state index contributed by atoms with van der Waals surface area (Å²) in [5.74, 6) is 0. The van der Waals surface area contributed by atoms with Crippen molar-refractivity contribution in [1.29, 1.82) is 0 Å². The summed E-state index contributed by atoms with van der Waals surface area (Å²) < 4.78 is 5.52. The van der Waals surface area contributed by atoms with Crippen LogP contribution in [0.4, 0.5) is 0 Å². The van der Waals surface area contributed by atoms with E-state index in [0.717, 1.165) is 32.7 Å². The van der Waals surface area contributed by atoms with Crippen molar-refractivity contribution in [1.82, 2.24) is 4.90 Å². The molecule has 1 atom stereocenters. The first kappa shape index (κ1) is 13.5. The molecule has 2 N–H and O–H groups in total. The minimum Gasteiger partial charge on any atom is -0.381 e. The fourth-order valence-electron chi connectivity index (χ4n) is 2.71. The molecular weight excluding hydrogens is 224 g/mol. The fourth-order valence-corrected chi connectivity index (χ4v) is 2.71. The van der Waals surface area contributed by atoms with Crippen molar-refractivity contribution >= 4 is 0 Å². The molecule has 0 radical (unpaired) electrons. The van der Waals surface area contributed by atoms with Gasteiger partial charge in [0.1, 0.15) is 0 Å². The first-order valence-electron chi connectivity index (χ1n) is 6.66. The normalized spacial score (nSPS) is 23.8. The van der Waals surface area contributed by atoms with Crippen LogP contribution in [0.15, 0.2) is 24.3 Å². The van der Waals surface area contributed by atoms with Gasteiger partial charge in [0.2, 0.25) is 0 Å². The van der Waals surface area contributed by atoms with Crippen LogP contribution in [-0.4, -0.2) is 38.3 Å². The molecular formula is C15H24N2O. The number of benzene rings is 1. The lowest BCUT2D eigenvalue weighted by Gasteiger charge is -2.31. The second-order valence-electron chi connectivity index (χ2n) is 5.61. The lowest BCUT2D eigenvalue weighted by molar-refractivity contribution is 0.123. The van der Waals surface area contributed by atoms with Crippen LogP contribution >= 0.6 is 0 Å². The molecule has 0 saturated carbocycles. The van der Waals surface area contributed by atoms with E-state index in [-0.39, 0.29) is 5.41 Å². The van der Waals surface area contributed by atoms with Crippen molar-refractivity contribution in [3.8, 4) is 0 Å². The number of nitrogens with two attached hydrogens (primary N) is 1. The van der Waals surface area contributed by atoms with E-state index in [0.29, 0.717) is 6.54 Å². The second-order valence-corrected chi connectivity index (χ2v) is 5.61. The third kappa shape index (κ3) is 3.10. The summed E-state index contributed by atoms with van der Waals surface area (Å²) in [5.41, 5.74) is 8.85. The van der Waals surface area contributed by atoms with Crippen LogP contribution in [0.1, 0.15) is 17.5 Å². The lowest BCUT2D eigenvalue weighted by atomic mass is 9.87.